The van der Waals surface area contributed by atoms with Gasteiger partial charge in [0.05, 0.1) is 0 Å². The summed E-state index contributed by atoms with van der Waals surface area (Å²) in [5, 5.41) is 4.32. The Balaban J connectivity index is 1.83. The van der Waals surface area contributed by atoms with Crippen molar-refractivity contribution < 1.29 is 9.53 Å². The lowest BCUT2D eigenvalue weighted by Crippen LogP contribution is -2.35. The molecule has 0 radical (unpaired) electrons. The van der Waals surface area contributed by atoms with Gasteiger partial charge in [-0.1, -0.05) is 0 Å². The van der Waals surface area contributed by atoms with Crippen LogP contribution in [0.3, 0.4) is 0 Å². The molecule has 7 nitrogen and oxygen atoms in total. The van der Waals surface area contributed by atoms with E-state index in [0.29, 0.717) is 18.9 Å². The van der Waals surface area contributed by atoms with Gasteiger partial charge in [0, 0.05) is 28.3 Å². The Labute approximate surface area is 148 Å². The molecule has 1 amide bonds. The lowest BCUT2D eigenvalue weighted by Gasteiger charge is -2.24. The fourth-order valence-electron chi connectivity index (χ4n) is 2.83. The summed E-state index contributed by atoms with van der Waals surface area (Å²) in [7, 11) is 0. The highest BCUT2D eigenvalue weighted by Gasteiger charge is 2.32. The first-order valence-corrected chi connectivity index (χ1v) is 8.59. The van der Waals surface area contributed by atoms with Crippen LogP contribution in [0.15, 0.2) is 12.4 Å². The van der Waals surface area contributed by atoms with E-state index in [1.54, 1.807) is 4.90 Å². The summed E-state index contributed by atoms with van der Waals surface area (Å²) in [5.74, 6) is 0.686. The molecule has 8 heteroatoms. The number of carbonyl (C=O) groups is 1. The van der Waals surface area contributed by atoms with Gasteiger partial charge in [-0.3, -0.25) is 0 Å². The zero-order chi connectivity index (χ0) is 16.8. The zero-order valence-corrected chi connectivity index (χ0v) is 15.6. The van der Waals surface area contributed by atoms with Crippen LogP contribution in [-0.2, 0) is 4.74 Å². The Kier molecular flexibility index (Phi) is 4.11. The summed E-state index contributed by atoms with van der Waals surface area (Å²) in [6.45, 7) is 6.94. The lowest BCUT2D eigenvalue weighted by atomic mass is 10.1. The quantitative estimate of drug-likeness (QED) is 0.705. The molecule has 23 heavy (non-hydrogen) atoms. The Hall–Kier alpha value is -1.58. The largest absolute Gasteiger partial charge is 0.444 e. The Morgan fingerprint density at radius 3 is 2.91 bits per heavy atom. The predicted molar refractivity (Wildman–Crippen MR) is 95.3 cm³/mol. The van der Waals surface area contributed by atoms with Gasteiger partial charge in [0.2, 0.25) is 0 Å². The molecule has 0 saturated carbocycles. The van der Waals surface area contributed by atoms with Crippen LogP contribution >= 0.6 is 22.6 Å². The number of fused-ring (bicyclic) bond motifs is 1. The van der Waals surface area contributed by atoms with E-state index in [0.717, 1.165) is 21.2 Å². The van der Waals surface area contributed by atoms with Crippen molar-refractivity contribution in [3.05, 3.63) is 21.7 Å². The van der Waals surface area contributed by atoms with Gasteiger partial charge in [0.25, 0.3) is 0 Å². The first-order valence-electron chi connectivity index (χ1n) is 7.52. The van der Waals surface area contributed by atoms with E-state index in [9.17, 15) is 4.79 Å². The normalized spacial score (nSPS) is 18.6. The third kappa shape index (κ3) is 3.22. The minimum atomic E-state index is -0.478. The van der Waals surface area contributed by atoms with Crippen molar-refractivity contribution in [3.8, 4) is 0 Å². The molecule has 0 aromatic carbocycles. The standard InChI is InChI=1S/C15H20IN5O2/c1-15(2,3)23-14(22)20-5-4-9(7-20)11-6-10(16)12-13(17)18-8-19-21(11)12/h6,8-9H,4-5,7H2,1-3H3,(H2,17,18,19)/t9-/m0/s1. The highest BCUT2D eigenvalue weighted by Crippen LogP contribution is 2.32. The van der Waals surface area contributed by atoms with Crippen LogP contribution in [0.2, 0.25) is 0 Å². The molecule has 2 aromatic rings. The molecule has 3 rings (SSSR count). The van der Waals surface area contributed by atoms with Crippen molar-refractivity contribution >= 4 is 40.0 Å². The number of nitrogens with two attached hydrogens (primary N) is 1. The molecule has 1 saturated heterocycles. The molecule has 0 unspecified atom stereocenters. The molecular formula is C15H20IN5O2. The van der Waals surface area contributed by atoms with E-state index < -0.39 is 5.60 Å². The minimum absolute atomic E-state index is 0.216. The van der Waals surface area contributed by atoms with Crippen LogP contribution in [0.25, 0.3) is 5.52 Å². The van der Waals surface area contributed by atoms with Crippen LogP contribution in [0.4, 0.5) is 10.6 Å². The van der Waals surface area contributed by atoms with Gasteiger partial charge in [-0.05, 0) is 55.8 Å². The topological polar surface area (TPSA) is 85.8 Å². The van der Waals surface area contributed by atoms with Crippen molar-refractivity contribution in [1.29, 1.82) is 0 Å². The highest BCUT2D eigenvalue weighted by molar-refractivity contribution is 14.1. The van der Waals surface area contributed by atoms with Gasteiger partial charge in [-0.25, -0.2) is 14.3 Å². The average molecular weight is 429 g/mol. The number of rotatable bonds is 1. The third-order valence-electron chi connectivity index (χ3n) is 3.82. The predicted octanol–water partition coefficient (Wildman–Crippen LogP) is 2.64. The minimum Gasteiger partial charge on any atom is -0.444 e. The summed E-state index contributed by atoms with van der Waals surface area (Å²) < 4.78 is 8.31. The summed E-state index contributed by atoms with van der Waals surface area (Å²) >= 11 is 2.24. The Morgan fingerprint density at radius 2 is 2.22 bits per heavy atom. The highest BCUT2D eigenvalue weighted by atomic mass is 127. The molecule has 0 spiro atoms. The fourth-order valence-corrected chi connectivity index (χ4v) is 3.65. The second-order valence-corrected chi connectivity index (χ2v) is 7.90. The molecule has 124 valence electrons. The number of likely N-dealkylation sites (tertiary alicyclic amines) is 1. The van der Waals surface area contributed by atoms with E-state index in [2.05, 4.69) is 38.7 Å². The van der Waals surface area contributed by atoms with Crippen LogP contribution in [0, 0.1) is 3.57 Å². The molecule has 1 atom stereocenters. The van der Waals surface area contributed by atoms with Crippen LogP contribution < -0.4 is 5.73 Å². The molecule has 1 aliphatic heterocycles. The maximum atomic E-state index is 12.2. The summed E-state index contributed by atoms with van der Waals surface area (Å²) in [5.41, 5.74) is 7.37. The molecule has 2 aromatic heterocycles. The number of halogens is 1. The summed E-state index contributed by atoms with van der Waals surface area (Å²) in [6, 6.07) is 2.07. The van der Waals surface area contributed by atoms with E-state index in [-0.39, 0.29) is 12.0 Å². The van der Waals surface area contributed by atoms with Gasteiger partial charge in [0.15, 0.2) is 5.82 Å². The maximum absolute atomic E-state index is 12.2. The fraction of sp³-hybridized carbons (Fsp3) is 0.533. The van der Waals surface area contributed by atoms with Crippen LogP contribution in [-0.4, -0.2) is 44.3 Å². The van der Waals surface area contributed by atoms with Crippen molar-refractivity contribution in [3.63, 3.8) is 0 Å². The number of carbonyl (C=O) groups excluding carboxylic acids is 1. The molecule has 1 fully saturated rings. The van der Waals surface area contributed by atoms with Crippen molar-refractivity contribution in [2.75, 3.05) is 18.8 Å². The number of anilines is 1. The van der Waals surface area contributed by atoms with Gasteiger partial charge in [0.1, 0.15) is 17.4 Å². The number of aromatic nitrogens is 3. The van der Waals surface area contributed by atoms with E-state index in [1.165, 1.54) is 6.33 Å². The smallest absolute Gasteiger partial charge is 0.410 e. The SMILES string of the molecule is CC(C)(C)OC(=O)N1CC[C@H](c2cc(I)c3c(N)ncnn23)C1. The molecule has 3 heterocycles. The number of nitrogens with zero attached hydrogens (tertiary/aromatic N) is 4. The summed E-state index contributed by atoms with van der Waals surface area (Å²) in [6.07, 6.45) is 2.08. The summed E-state index contributed by atoms with van der Waals surface area (Å²) in [4.78, 5) is 18.0. The second kappa shape index (κ2) is 5.81. The Morgan fingerprint density at radius 1 is 1.48 bits per heavy atom. The van der Waals surface area contributed by atoms with Crippen molar-refractivity contribution in [2.45, 2.75) is 38.7 Å². The maximum Gasteiger partial charge on any atom is 0.410 e. The molecule has 0 aliphatic carbocycles. The number of amides is 1. The van der Waals surface area contributed by atoms with E-state index in [4.69, 9.17) is 10.5 Å². The van der Waals surface area contributed by atoms with Crippen molar-refractivity contribution in [1.82, 2.24) is 19.5 Å². The lowest BCUT2D eigenvalue weighted by molar-refractivity contribution is 0.0292. The first kappa shape index (κ1) is 16.3. The first-order chi connectivity index (χ1) is 10.8. The van der Waals surface area contributed by atoms with Crippen molar-refractivity contribution in [2.24, 2.45) is 0 Å². The number of ether oxygens (including phenoxy) is 1. The van der Waals surface area contributed by atoms with Gasteiger partial charge in [-0.15, -0.1) is 0 Å². The van der Waals surface area contributed by atoms with Gasteiger partial charge < -0.3 is 15.4 Å². The molecule has 0 bridgehead atoms. The second-order valence-electron chi connectivity index (χ2n) is 6.73. The number of hydrogen-bond acceptors (Lipinski definition) is 5. The van der Waals surface area contributed by atoms with Crippen LogP contribution in [0.1, 0.15) is 38.8 Å². The van der Waals surface area contributed by atoms with E-state index in [1.807, 2.05) is 25.3 Å². The molecule has 2 N–H and O–H groups in total. The van der Waals surface area contributed by atoms with Gasteiger partial charge in [-0.2, -0.15) is 5.10 Å². The monoisotopic (exact) mass is 429 g/mol. The van der Waals surface area contributed by atoms with Crippen LogP contribution in [0.5, 0.6) is 0 Å². The van der Waals surface area contributed by atoms with E-state index >= 15 is 0 Å². The third-order valence-corrected chi connectivity index (χ3v) is 4.64. The molecular weight excluding hydrogens is 409 g/mol. The zero-order valence-electron chi connectivity index (χ0n) is 13.4. The van der Waals surface area contributed by atoms with Gasteiger partial charge >= 0.3 is 6.09 Å². The number of hydrogen-bond donors (Lipinski definition) is 1. The molecule has 1 aliphatic rings. The average Bonchev–Trinajstić information content (AvgIpc) is 3.02. The number of nitrogen functional groups attached to an aromatic ring is 1. The Bertz CT molecular complexity index is 752.